The number of likely N-dealkylation sites (N-methyl/N-ethyl adjacent to an activating group) is 1. The van der Waals surface area contributed by atoms with E-state index >= 15 is 0 Å². The lowest BCUT2D eigenvalue weighted by Crippen LogP contribution is -2.44. The molecule has 0 aromatic heterocycles. The van der Waals surface area contributed by atoms with E-state index < -0.39 is 0 Å². The smallest absolute Gasteiger partial charge is 0.173 e. The second-order valence-electron chi connectivity index (χ2n) is 5.87. The molecule has 0 aliphatic rings. The zero-order valence-electron chi connectivity index (χ0n) is 13.3. The van der Waals surface area contributed by atoms with E-state index in [1.54, 1.807) is 0 Å². The van der Waals surface area contributed by atoms with Crippen LogP contribution in [0.15, 0.2) is 24.3 Å². The van der Waals surface area contributed by atoms with Crippen molar-refractivity contribution in [1.29, 1.82) is 0 Å². The van der Waals surface area contributed by atoms with Crippen molar-refractivity contribution in [3.05, 3.63) is 29.8 Å². The molecule has 112 valence electrons. The second kappa shape index (κ2) is 8.22. The molecule has 0 spiro atoms. The van der Waals surface area contributed by atoms with Gasteiger partial charge in [0.1, 0.15) is 0 Å². The highest BCUT2D eigenvalue weighted by atomic mass is 32.1. The van der Waals surface area contributed by atoms with Gasteiger partial charge in [0.15, 0.2) is 5.11 Å². The zero-order valence-corrected chi connectivity index (χ0v) is 14.1. The van der Waals surface area contributed by atoms with E-state index in [1.165, 1.54) is 5.56 Å². The van der Waals surface area contributed by atoms with E-state index in [0.29, 0.717) is 5.92 Å². The molecular weight excluding hydrogens is 266 g/mol. The van der Waals surface area contributed by atoms with Crippen molar-refractivity contribution >= 4 is 23.0 Å². The highest BCUT2D eigenvalue weighted by Crippen LogP contribution is 2.15. The molecule has 0 heterocycles. The highest BCUT2D eigenvalue weighted by molar-refractivity contribution is 7.80. The van der Waals surface area contributed by atoms with Crippen LogP contribution in [-0.2, 0) is 0 Å². The molecule has 1 aromatic carbocycles. The molecule has 3 nitrogen and oxygen atoms in total. The molecule has 0 saturated heterocycles. The number of nitrogens with zero attached hydrogens (tertiary/aromatic N) is 2. The van der Waals surface area contributed by atoms with Crippen LogP contribution in [-0.4, -0.2) is 43.7 Å². The first kappa shape index (κ1) is 16.9. The number of hydrogen-bond acceptors (Lipinski definition) is 2. The average molecular weight is 293 g/mol. The van der Waals surface area contributed by atoms with E-state index in [2.05, 4.69) is 74.2 Å². The van der Waals surface area contributed by atoms with Crippen LogP contribution in [0.4, 0.5) is 5.69 Å². The van der Waals surface area contributed by atoms with Gasteiger partial charge in [0.2, 0.25) is 0 Å². The Hall–Kier alpha value is -1.13. The van der Waals surface area contributed by atoms with Gasteiger partial charge in [-0.25, -0.2) is 0 Å². The summed E-state index contributed by atoms with van der Waals surface area (Å²) < 4.78 is 0. The van der Waals surface area contributed by atoms with Crippen LogP contribution in [0.5, 0.6) is 0 Å². The van der Waals surface area contributed by atoms with E-state index in [-0.39, 0.29) is 0 Å². The minimum atomic E-state index is 0.585. The van der Waals surface area contributed by atoms with Gasteiger partial charge in [-0.2, -0.15) is 0 Å². The van der Waals surface area contributed by atoms with Crippen molar-refractivity contribution < 1.29 is 0 Å². The molecule has 1 N–H and O–H groups in total. The van der Waals surface area contributed by atoms with Crippen molar-refractivity contribution in [2.24, 2.45) is 5.92 Å². The van der Waals surface area contributed by atoms with Crippen LogP contribution in [0.3, 0.4) is 0 Å². The highest BCUT2D eigenvalue weighted by Gasteiger charge is 2.12. The standard InChI is InChI=1S/C16H27N3S/c1-13(2)12-17-16(20)19(11-10-18(4)5)15-8-6-14(3)7-9-15/h6-9,13H,10-12H2,1-5H3,(H,17,20). The minimum absolute atomic E-state index is 0.585. The number of anilines is 1. The van der Waals surface area contributed by atoms with Gasteiger partial charge < -0.3 is 15.1 Å². The van der Waals surface area contributed by atoms with Gasteiger partial charge in [0.05, 0.1) is 0 Å². The van der Waals surface area contributed by atoms with E-state index in [9.17, 15) is 0 Å². The van der Waals surface area contributed by atoms with Gasteiger partial charge in [-0.05, 0) is 51.3 Å². The molecule has 0 bridgehead atoms. The van der Waals surface area contributed by atoms with Gasteiger partial charge in [-0.15, -0.1) is 0 Å². The fourth-order valence-electron chi connectivity index (χ4n) is 1.76. The second-order valence-corrected chi connectivity index (χ2v) is 6.26. The van der Waals surface area contributed by atoms with Gasteiger partial charge >= 0.3 is 0 Å². The first-order valence-corrected chi connectivity index (χ1v) is 7.57. The van der Waals surface area contributed by atoms with E-state index in [1.807, 2.05) is 0 Å². The maximum Gasteiger partial charge on any atom is 0.173 e. The van der Waals surface area contributed by atoms with Crippen LogP contribution >= 0.6 is 12.2 Å². The predicted octanol–water partition coefficient (Wildman–Crippen LogP) is 2.89. The summed E-state index contributed by atoms with van der Waals surface area (Å²) in [6.45, 7) is 9.24. The third kappa shape index (κ3) is 5.88. The summed E-state index contributed by atoms with van der Waals surface area (Å²) in [4.78, 5) is 4.35. The van der Waals surface area contributed by atoms with Crippen molar-refractivity contribution in [2.45, 2.75) is 20.8 Å². The Kier molecular flexibility index (Phi) is 6.96. The average Bonchev–Trinajstić information content (AvgIpc) is 2.38. The normalized spacial score (nSPS) is 10.9. The Labute approximate surface area is 129 Å². The number of hydrogen-bond donors (Lipinski definition) is 1. The Morgan fingerprint density at radius 3 is 2.25 bits per heavy atom. The molecule has 0 aliphatic heterocycles. The minimum Gasteiger partial charge on any atom is -0.362 e. The largest absolute Gasteiger partial charge is 0.362 e. The summed E-state index contributed by atoms with van der Waals surface area (Å²) in [5.74, 6) is 0.585. The van der Waals surface area contributed by atoms with Crippen molar-refractivity contribution in [3.63, 3.8) is 0 Å². The molecule has 0 atom stereocenters. The van der Waals surface area contributed by atoms with Crippen LogP contribution in [0.2, 0.25) is 0 Å². The topological polar surface area (TPSA) is 18.5 Å². The molecule has 1 rings (SSSR count). The van der Waals surface area contributed by atoms with Crippen LogP contribution in [0.1, 0.15) is 19.4 Å². The number of aryl methyl sites for hydroxylation is 1. The molecule has 4 heteroatoms. The van der Waals surface area contributed by atoms with E-state index in [4.69, 9.17) is 12.2 Å². The first-order valence-electron chi connectivity index (χ1n) is 7.17. The van der Waals surface area contributed by atoms with Crippen LogP contribution < -0.4 is 10.2 Å². The van der Waals surface area contributed by atoms with Gasteiger partial charge in [0, 0.05) is 25.3 Å². The summed E-state index contributed by atoms with van der Waals surface area (Å²) in [5, 5.41) is 4.17. The third-order valence-corrected chi connectivity index (χ3v) is 3.39. The number of rotatable bonds is 6. The summed E-state index contributed by atoms with van der Waals surface area (Å²) in [7, 11) is 4.16. The number of thiocarbonyl (C=S) groups is 1. The van der Waals surface area contributed by atoms with Crippen molar-refractivity contribution in [2.75, 3.05) is 38.6 Å². The van der Waals surface area contributed by atoms with Crippen molar-refractivity contribution in [1.82, 2.24) is 10.2 Å². The number of benzene rings is 1. The molecule has 0 amide bonds. The zero-order chi connectivity index (χ0) is 15.1. The monoisotopic (exact) mass is 293 g/mol. The van der Waals surface area contributed by atoms with Gasteiger partial charge in [-0.3, -0.25) is 0 Å². The quantitative estimate of drug-likeness (QED) is 0.813. The Bertz CT molecular complexity index is 412. The Morgan fingerprint density at radius 1 is 1.15 bits per heavy atom. The lowest BCUT2D eigenvalue weighted by molar-refractivity contribution is 0.419. The Balaban J connectivity index is 2.78. The predicted molar refractivity (Wildman–Crippen MR) is 92.5 cm³/mol. The molecule has 1 aromatic rings. The fourth-order valence-corrected chi connectivity index (χ4v) is 2.04. The SMILES string of the molecule is Cc1ccc(N(CCN(C)C)C(=S)NCC(C)C)cc1. The molecule has 0 aliphatic carbocycles. The molecular formula is C16H27N3S. The van der Waals surface area contributed by atoms with E-state index in [0.717, 1.165) is 30.4 Å². The molecule has 0 radical (unpaired) electrons. The maximum atomic E-state index is 5.56. The van der Waals surface area contributed by atoms with Crippen LogP contribution in [0, 0.1) is 12.8 Å². The first-order chi connectivity index (χ1) is 9.40. The fraction of sp³-hybridized carbons (Fsp3) is 0.562. The summed E-state index contributed by atoms with van der Waals surface area (Å²) in [6.07, 6.45) is 0. The lowest BCUT2D eigenvalue weighted by atomic mass is 10.2. The summed E-state index contributed by atoms with van der Waals surface area (Å²) >= 11 is 5.56. The number of nitrogens with one attached hydrogen (secondary N) is 1. The summed E-state index contributed by atoms with van der Waals surface area (Å²) in [5.41, 5.74) is 2.42. The lowest BCUT2D eigenvalue weighted by Gasteiger charge is -2.28. The Morgan fingerprint density at radius 2 is 1.75 bits per heavy atom. The van der Waals surface area contributed by atoms with Crippen molar-refractivity contribution in [3.8, 4) is 0 Å². The molecule has 20 heavy (non-hydrogen) atoms. The van der Waals surface area contributed by atoms with Crippen LogP contribution in [0.25, 0.3) is 0 Å². The van der Waals surface area contributed by atoms with Gasteiger partial charge in [-0.1, -0.05) is 31.5 Å². The third-order valence-electron chi connectivity index (χ3n) is 3.02. The van der Waals surface area contributed by atoms with Gasteiger partial charge in [0.25, 0.3) is 0 Å². The molecule has 0 unspecified atom stereocenters. The molecule has 0 saturated carbocycles. The summed E-state index contributed by atoms with van der Waals surface area (Å²) in [6, 6.07) is 8.52. The molecule has 0 fully saturated rings. The maximum absolute atomic E-state index is 5.56.